The number of hydrogen-bond acceptors (Lipinski definition) is 5. The largest absolute Gasteiger partial charge is 0.493 e. The summed E-state index contributed by atoms with van der Waals surface area (Å²) in [6.07, 6.45) is 8.38. The first kappa shape index (κ1) is 19.8. The zero-order valence-electron chi connectivity index (χ0n) is 15.1. The highest BCUT2D eigenvalue weighted by Gasteiger charge is 2.36. The molecule has 0 radical (unpaired) electrons. The minimum absolute atomic E-state index is 0.134. The van der Waals surface area contributed by atoms with Crippen LogP contribution in [0, 0.1) is 0 Å². The number of rotatable bonds is 8. The number of carbonyl (C=O) groups excluding carboxylic acids is 1. The standard InChI is InChI=1S/C19H23ClN2O4/c1-24-15-8-7-14(13-16(15)25-2)9-12-21-18(23)17(22-26-3)19(20)10-5-4-6-11-19/h4-8,10,13H,9,11-12H2,1-3H3,(H,21,23)/b22-17+. The number of amides is 1. The molecule has 1 aliphatic carbocycles. The molecule has 1 aliphatic rings. The first-order valence-corrected chi connectivity index (χ1v) is 8.56. The molecule has 0 fully saturated rings. The van der Waals surface area contributed by atoms with Crippen LogP contribution in [-0.2, 0) is 16.1 Å². The number of halogens is 1. The average molecular weight is 379 g/mol. The summed E-state index contributed by atoms with van der Waals surface area (Å²) in [6, 6.07) is 5.64. The summed E-state index contributed by atoms with van der Waals surface area (Å²) in [5, 5.41) is 6.69. The predicted octanol–water partition coefficient (Wildman–Crippen LogP) is 2.86. The van der Waals surface area contributed by atoms with E-state index in [0.717, 1.165) is 5.56 Å². The van der Waals surface area contributed by atoms with Crippen LogP contribution in [0.15, 0.2) is 47.7 Å². The summed E-state index contributed by atoms with van der Waals surface area (Å²) >= 11 is 6.54. The van der Waals surface area contributed by atoms with Crippen molar-refractivity contribution in [3.8, 4) is 11.5 Å². The van der Waals surface area contributed by atoms with Crippen molar-refractivity contribution >= 4 is 23.2 Å². The zero-order chi connectivity index (χ0) is 19.0. The van der Waals surface area contributed by atoms with E-state index in [4.69, 9.17) is 25.9 Å². The molecular weight excluding hydrogens is 356 g/mol. The Balaban J connectivity index is 1.99. The highest BCUT2D eigenvalue weighted by atomic mass is 35.5. The maximum atomic E-state index is 12.5. The summed E-state index contributed by atoms with van der Waals surface area (Å²) in [6.45, 7) is 0.420. The molecule has 1 unspecified atom stereocenters. The van der Waals surface area contributed by atoms with E-state index in [1.807, 2.05) is 30.4 Å². The van der Waals surface area contributed by atoms with E-state index < -0.39 is 4.87 Å². The van der Waals surface area contributed by atoms with E-state index in [-0.39, 0.29) is 11.6 Å². The van der Waals surface area contributed by atoms with Gasteiger partial charge in [-0.3, -0.25) is 4.79 Å². The van der Waals surface area contributed by atoms with Gasteiger partial charge in [0.1, 0.15) is 12.0 Å². The van der Waals surface area contributed by atoms with Gasteiger partial charge in [-0.25, -0.2) is 0 Å². The molecule has 140 valence electrons. The van der Waals surface area contributed by atoms with Crippen LogP contribution in [0.3, 0.4) is 0 Å². The van der Waals surface area contributed by atoms with Gasteiger partial charge in [0.15, 0.2) is 17.2 Å². The Kier molecular flexibility index (Phi) is 7.09. The maximum Gasteiger partial charge on any atom is 0.271 e. The van der Waals surface area contributed by atoms with Crippen LogP contribution in [0.4, 0.5) is 0 Å². The normalized spacial score (nSPS) is 19.2. The lowest BCUT2D eigenvalue weighted by molar-refractivity contribution is -0.115. The highest BCUT2D eigenvalue weighted by molar-refractivity contribution is 6.54. The minimum Gasteiger partial charge on any atom is -0.493 e. The molecule has 0 heterocycles. The van der Waals surface area contributed by atoms with Crippen molar-refractivity contribution in [1.29, 1.82) is 0 Å². The smallest absolute Gasteiger partial charge is 0.271 e. The Labute approximate surface area is 158 Å². The molecule has 0 aliphatic heterocycles. The van der Waals surface area contributed by atoms with Crippen molar-refractivity contribution in [2.45, 2.75) is 17.7 Å². The van der Waals surface area contributed by atoms with Gasteiger partial charge in [0.05, 0.1) is 14.2 Å². The summed E-state index contributed by atoms with van der Waals surface area (Å²) in [5.74, 6) is 0.954. The van der Waals surface area contributed by atoms with E-state index in [1.54, 1.807) is 26.4 Å². The van der Waals surface area contributed by atoms with E-state index in [1.165, 1.54) is 7.11 Å². The van der Waals surface area contributed by atoms with Gasteiger partial charge in [-0.1, -0.05) is 35.5 Å². The molecule has 26 heavy (non-hydrogen) atoms. The van der Waals surface area contributed by atoms with Crippen LogP contribution in [-0.4, -0.2) is 44.4 Å². The number of benzene rings is 1. The van der Waals surface area contributed by atoms with E-state index in [0.29, 0.717) is 30.9 Å². The second-order valence-corrected chi connectivity index (χ2v) is 6.35. The number of nitrogens with zero attached hydrogens (tertiary/aromatic N) is 1. The fourth-order valence-corrected chi connectivity index (χ4v) is 2.89. The van der Waals surface area contributed by atoms with Crippen molar-refractivity contribution in [1.82, 2.24) is 5.32 Å². The predicted molar refractivity (Wildman–Crippen MR) is 102 cm³/mol. The third kappa shape index (κ3) is 4.79. The van der Waals surface area contributed by atoms with E-state index in [2.05, 4.69) is 10.5 Å². The fourth-order valence-electron chi connectivity index (χ4n) is 2.61. The first-order valence-electron chi connectivity index (χ1n) is 8.18. The van der Waals surface area contributed by atoms with Gasteiger partial charge in [-0.15, -0.1) is 11.6 Å². The number of hydrogen-bond donors (Lipinski definition) is 1. The topological polar surface area (TPSA) is 69.2 Å². The molecule has 1 atom stereocenters. The third-order valence-electron chi connectivity index (χ3n) is 3.96. The van der Waals surface area contributed by atoms with Gasteiger partial charge in [0.25, 0.3) is 5.91 Å². The number of oxime groups is 1. The molecule has 0 saturated carbocycles. The molecular formula is C19H23ClN2O4. The van der Waals surface area contributed by atoms with Crippen LogP contribution in [0.25, 0.3) is 0 Å². The van der Waals surface area contributed by atoms with Gasteiger partial charge < -0.3 is 19.6 Å². The molecule has 0 aromatic heterocycles. The number of carbonyl (C=O) groups is 1. The molecule has 0 spiro atoms. The second kappa shape index (κ2) is 9.29. The Morgan fingerprint density at radius 1 is 1.23 bits per heavy atom. The van der Waals surface area contributed by atoms with Gasteiger partial charge in [0, 0.05) is 6.54 Å². The first-order chi connectivity index (χ1) is 12.5. The molecule has 0 saturated heterocycles. The van der Waals surface area contributed by atoms with Crippen molar-refractivity contribution < 1.29 is 19.1 Å². The van der Waals surface area contributed by atoms with Crippen LogP contribution >= 0.6 is 11.6 Å². The second-order valence-electron chi connectivity index (χ2n) is 5.67. The van der Waals surface area contributed by atoms with Crippen molar-refractivity contribution in [3.05, 3.63) is 48.1 Å². The quantitative estimate of drug-likeness (QED) is 0.429. The van der Waals surface area contributed by atoms with Crippen LogP contribution in [0.2, 0.25) is 0 Å². The van der Waals surface area contributed by atoms with Crippen molar-refractivity contribution in [2.75, 3.05) is 27.9 Å². The summed E-state index contributed by atoms with van der Waals surface area (Å²) in [4.78, 5) is 16.4. The minimum atomic E-state index is -1.00. The van der Waals surface area contributed by atoms with E-state index in [9.17, 15) is 4.79 Å². The summed E-state index contributed by atoms with van der Waals surface area (Å²) < 4.78 is 10.5. The molecule has 7 heteroatoms. The third-order valence-corrected chi connectivity index (χ3v) is 4.42. The molecule has 2 rings (SSSR count). The van der Waals surface area contributed by atoms with Gasteiger partial charge in [-0.05, 0) is 30.5 Å². The zero-order valence-corrected chi connectivity index (χ0v) is 15.9. The highest BCUT2D eigenvalue weighted by Crippen LogP contribution is 2.29. The van der Waals surface area contributed by atoms with Crippen LogP contribution < -0.4 is 14.8 Å². The number of alkyl halides is 1. The molecule has 1 N–H and O–H groups in total. The van der Waals surface area contributed by atoms with Crippen LogP contribution in [0.1, 0.15) is 12.0 Å². The lowest BCUT2D eigenvalue weighted by Crippen LogP contribution is -2.44. The number of methoxy groups -OCH3 is 2. The molecule has 1 aromatic rings. The monoisotopic (exact) mass is 378 g/mol. The Morgan fingerprint density at radius 2 is 2.00 bits per heavy atom. The number of allylic oxidation sites excluding steroid dienone is 4. The van der Waals surface area contributed by atoms with Gasteiger partial charge in [-0.2, -0.15) is 0 Å². The van der Waals surface area contributed by atoms with Crippen molar-refractivity contribution in [2.24, 2.45) is 5.16 Å². The molecule has 1 aromatic carbocycles. The van der Waals surface area contributed by atoms with Gasteiger partial charge >= 0.3 is 0 Å². The Bertz CT molecular complexity index is 730. The molecule has 1 amide bonds. The van der Waals surface area contributed by atoms with E-state index >= 15 is 0 Å². The van der Waals surface area contributed by atoms with Gasteiger partial charge in [0.2, 0.25) is 0 Å². The Morgan fingerprint density at radius 3 is 2.62 bits per heavy atom. The fraction of sp³-hybridized carbons (Fsp3) is 0.368. The summed E-state index contributed by atoms with van der Waals surface area (Å²) in [5.41, 5.74) is 1.14. The lowest BCUT2D eigenvalue weighted by Gasteiger charge is -2.24. The lowest BCUT2D eigenvalue weighted by atomic mass is 9.93. The number of nitrogens with one attached hydrogen (secondary N) is 1. The summed E-state index contributed by atoms with van der Waals surface area (Å²) in [7, 11) is 4.56. The SMILES string of the molecule is CO/N=C(\C(=O)NCCc1ccc(OC)c(OC)c1)C1(Cl)C=CC=CC1. The average Bonchev–Trinajstić information content (AvgIpc) is 2.66. The maximum absolute atomic E-state index is 12.5. The molecule has 6 nitrogen and oxygen atoms in total. The Hall–Kier alpha value is -2.47. The molecule has 0 bridgehead atoms. The number of ether oxygens (including phenoxy) is 2. The van der Waals surface area contributed by atoms with Crippen LogP contribution in [0.5, 0.6) is 11.5 Å². The van der Waals surface area contributed by atoms with Crippen molar-refractivity contribution in [3.63, 3.8) is 0 Å².